The number of hydrogen-bond acceptors (Lipinski definition) is 4. The zero-order chi connectivity index (χ0) is 14.1. The normalized spacial score (nSPS) is 10.1. The zero-order valence-corrected chi connectivity index (χ0v) is 11.6. The molecule has 2 N–H and O–H groups in total. The van der Waals surface area contributed by atoms with E-state index in [1.165, 1.54) is 0 Å². The van der Waals surface area contributed by atoms with Gasteiger partial charge in [-0.2, -0.15) is 0 Å². The molecule has 0 atom stereocenters. The highest BCUT2D eigenvalue weighted by atomic mass is 16.5. The number of carbonyl (C=O) groups excluding carboxylic acids is 1. The number of amides is 2. The van der Waals surface area contributed by atoms with Crippen LogP contribution in [0.5, 0.6) is 0 Å². The Morgan fingerprint density at radius 1 is 1.21 bits per heavy atom. The minimum absolute atomic E-state index is 0.158. The molecule has 0 saturated carbocycles. The lowest BCUT2D eigenvalue weighted by Gasteiger charge is -2.13. The fourth-order valence-electron chi connectivity index (χ4n) is 1.35. The fourth-order valence-corrected chi connectivity index (χ4v) is 1.35. The van der Waals surface area contributed by atoms with E-state index in [1.807, 2.05) is 43.3 Å². The van der Waals surface area contributed by atoms with Crippen molar-refractivity contribution in [3.05, 3.63) is 24.3 Å². The van der Waals surface area contributed by atoms with Gasteiger partial charge in [0.2, 0.25) is 0 Å². The maximum absolute atomic E-state index is 11.5. The lowest BCUT2D eigenvalue weighted by Crippen LogP contribution is -2.31. The van der Waals surface area contributed by atoms with Crippen LogP contribution in [0.15, 0.2) is 24.3 Å². The number of hydrogen-bond donors (Lipinski definition) is 2. The van der Waals surface area contributed by atoms with E-state index in [9.17, 15) is 4.79 Å². The van der Waals surface area contributed by atoms with Gasteiger partial charge in [0, 0.05) is 32.6 Å². The van der Waals surface area contributed by atoms with Gasteiger partial charge in [0.1, 0.15) is 6.73 Å². The average molecular weight is 267 g/mol. The minimum atomic E-state index is -0.296. The topological polar surface area (TPSA) is 62.8 Å². The molecule has 0 saturated heterocycles. The SMILES string of the molecule is COCCOCNC(=O)Nc1ccc(N(C)C)cc1. The second-order valence-electron chi connectivity index (χ2n) is 4.12. The summed E-state index contributed by atoms with van der Waals surface area (Å²) < 4.78 is 9.95. The Balaban J connectivity index is 2.28. The molecule has 1 aromatic carbocycles. The molecule has 0 spiro atoms. The number of benzene rings is 1. The predicted molar refractivity (Wildman–Crippen MR) is 75.6 cm³/mol. The molecule has 1 rings (SSSR count). The van der Waals surface area contributed by atoms with Crippen LogP contribution < -0.4 is 15.5 Å². The first-order chi connectivity index (χ1) is 9.13. The highest BCUT2D eigenvalue weighted by Gasteiger charge is 2.01. The lowest BCUT2D eigenvalue weighted by atomic mass is 10.2. The number of nitrogens with one attached hydrogen (secondary N) is 2. The molecule has 19 heavy (non-hydrogen) atoms. The van der Waals surface area contributed by atoms with Gasteiger partial charge in [-0.15, -0.1) is 0 Å². The van der Waals surface area contributed by atoms with E-state index in [-0.39, 0.29) is 12.8 Å². The van der Waals surface area contributed by atoms with Crippen LogP contribution in [-0.4, -0.2) is 47.2 Å². The lowest BCUT2D eigenvalue weighted by molar-refractivity contribution is 0.0650. The van der Waals surface area contributed by atoms with E-state index >= 15 is 0 Å². The molecule has 0 unspecified atom stereocenters. The van der Waals surface area contributed by atoms with Crippen LogP contribution in [0.25, 0.3) is 0 Å². The Bertz CT molecular complexity index is 379. The Kier molecular flexibility index (Phi) is 6.70. The van der Waals surface area contributed by atoms with Crippen molar-refractivity contribution in [3.63, 3.8) is 0 Å². The standard InChI is InChI=1S/C13H21N3O3/c1-16(2)12-6-4-11(5-7-12)15-13(17)14-10-19-9-8-18-3/h4-7H,8-10H2,1-3H3,(H2,14,15,17). The molecule has 1 aromatic rings. The number of ether oxygens (including phenoxy) is 2. The summed E-state index contributed by atoms with van der Waals surface area (Å²) in [6.45, 7) is 1.12. The molecule has 0 aliphatic heterocycles. The molecule has 0 radical (unpaired) electrons. The summed E-state index contributed by atoms with van der Waals surface area (Å²) in [5, 5.41) is 5.31. The van der Waals surface area contributed by atoms with Crippen molar-refractivity contribution < 1.29 is 14.3 Å². The molecule has 6 heteroatoms. The number of methoxy groups -OCH3 is 1. The number of rotatable bonds is 7. The molecular formula is C13H21N3O3. The molecule has 2 amide bonds. The average Bonchev–Trinajstić information content (AvgIpc) is 2.39. The number of nitrogens with zero attached hydrogens (tertiary/aromatic N) is 1. The summed E-state index contributed by atoms with van der Waals surface area (Å²) in [6, 6.07) is 7.27. The Morgan fingerprint density at radius 3 is 2.47 bits per heavy atom. The zero-order valence-electron chi connectivity index (χ0n) is 11.6. The third-order valence-electron chi connectivity index (χ3n) is 2.41. The van der Waals surface area contributed by atoms with Crippen molar-refractivity contribution in [3.8, 4) is 0 Å². The molecule has 0 aliphatic carbocycles. The van der Waals surface area contributed by atoms with Crippen molar-refractivity contribution in [2.45, 2.75) is 0 Å². The van der Waals surface area contributed by atoms with Gasteiger partial charge < -0.3 is 25.0 Å². The van der Waals surface area contributed by atoms with Gasteiger partial charge in [-0.3, -0.25) is 0 Å². The molecule has 6 nitrogen and oxygen atoms in total. The van der Waals surface area contributed by atoms with E-state index in [2.05, 4.69) is 10.6 Å². The summed E-state index contributed by atoms with van der Waals surface area (Å²) in [6.07, 6.45) is 0. The van der Waals surface area contributed by atoms with Gasteiger partial charge >= 0.3 is 6.03 Å². The molecule has 106 valence electrons. The van der Waals surface area contributed by atoms with Gasteiger partial charge in [-0.25, -0.2) is 4.79 Å². The van der Waals surface area contributed by atoms with Gasteiger partial charge in [-0.05, 0) is 24.3 Å². The summed E-state index contributed by atoms with van der Waals surface area (Å²) in [7, 11) is 5.53. The molecule has 0 fully saturated rings. The Morgan fingerprint density at radius 2 is 1.89 bits per heavy atom. The van der Waals surface area contributed by atoms with Crippen molar-refractivity contribution in [2.24, 2.45) is 0 Å². The monoisotopic (exact) mass is 267 g/mol. The largest absolute Gasteiger partial charge is 0.382 e. The molecule has 0 aliphatic rings. The molecular weight excluding hydrogens is 246 g/mol. The third-order valence-corrected chi connectivity index (χ3v) is 2.41. The smallest absolute Gasteiger partial charge is 0.321 e. The van der Waals surface area contributed by atoms with E-state index in [1.54, 1.807) is 7.11 Å². The summed E-state index contributed by atoms with van der Waals surface area (Å²) in [5.74, 6) is 0. The predicted octanol–water partition coefficient (Wildman–Crippen LogP) is 1.49. The van der Waals surface area contributed by atoms with E-state index in [0.717, 1.165) is 11.4 Å². The van der Waals surface area contributed by atoms with Crippen molar-refractivity contribution in [1.82, 2.24) is 5.32 Å². The number of anilines is 2. The quantitative estimate of drug-likeness (QED) is 0.580. The van der Waals surface area contributed by atoms with E-state index < -0.39 is 0 Å². The van der Waals surface area contributed by atoms with Gasteiger partial charge in [-0.1, -0.05) is 0 Å². The highest BCUT2D eigenvalue weighted by molar-refractivity contribution is 5.89. The van der Waals surface area contributed by atoms with Crippen molar-refractivity contribution in [1.29, 1.82) is 0 Å². The van der Waals surface area contributed by atoms with Crippen LogP contribution in [0.2, 0.25) is 0 Å². The van der Waals surface area contributed by atoms with Crippen LogP contribution in [0.1, 0.15) is 0 Å². The molecule has 0 bridgehead atoms. The van der Waals surface area contributed by atoms with Crippen LogP contribution in [0.3, 0.4) is 0 Å². The fraction of sp³-hybridized carbons (Fsp3) is 0.462. The van der Waals surface area contributed by atoms with Gasteiger partial charge in [0.05, 0.1) is 13.2 Å². The second kappa shape index (κ2) is 8.34. The second-order valence-corrected chi connectivity index (χ2v) is 4.12. The first-order valence-corrected chi connectivity index (χ1v) is 6.02. The maximum atomic E-state index is 11.5. The first-order valence-electron chi connectivity index (χ1n) is 6.02. The highest BCUT2D eigenvalue weighted by Crippen LogP contribution is 2.15. The first kappa shape index (κ1) is 15.3. The van der Waals surface area contributed by atoms with Crippen molar-refractivity contribution in [2.75, 3.05) is 51.4 Å². The van der Waals surface area contributed by atoms with Crippen LogP contribution in [-0.2, 0) is 9.47 Å². The summed E-state index contributed by atoms with van der Waals surface area (Å²) in [5.41, 5.74) is 1.81. The Labute approximate surface area is 113 Å². The van der Waals surface area contributed by atoms with Crippen molar-refractivity contribution >= 4 is 17.4 Å². The van der Waals surface area contributed by atoms with Crippen LogP contribution >= 0.6 is 0 Å². The van der Waals surface area contributed by atoms with Crippen LogP contribution in [0, 0.1) is 0 Å². The van der Waals surface area contributed by atoms with Gasteiger partial charge in [0.25, 0.3) is 0 Å². The van der Waals surface area contributed by atoms with E-state index in [4.69, 9.17) is 9.47 Å². The summed E-state index contributed by atoms with van der Waals surface area (Å²) in [4.78, 5) is 13.5. The maximum Gasteiger partial charge on any atom is 0.321 e. The minimum Gasteiger partial charge on any atom is -0.382 e. The van der Waals surface area contributed by atoms with Crippen LogP contribution in [0.4, 0.5) is 16.2 Å². The molecule has 0 heterocycles. The third kappa shape index (κ3) is 6.08. The number of urea groups is 1. The van der Waals surface area contributed by atoms with E-state index in [0.29, 0.717) is 13.2 Å². The number of carbonyl (C=O) groups is 1. The van der Waals surface area contributed by atoms with Gasteiger partial charge in [0.15, 0.2) is 0 Å². The summed E-state index contributed by atoms with van der Waals surface area (Å²) >= 11 is 0. The Hall–Kier alpha value is -1.79. The molecule has 0 aromatic heterocycles.